The second kappa shape index (κ2) is 6.84. The standard InChI is InChI=1S/C18H18ClNO2/c19-14-5-3-4-13(12-14)18(21)20-15-8-10-17(11-9-15)22-16-6-1-2-7-16/h3-5,8-12,16H,1-2,6-7H2,(H,20,21). The maximum absolute atomic E-state index is 12.1. The minimum absolute atomic E-state index is 0.174. The van der Waals surface area contributed by atoms with Crippen molar-refractivity contribution in [2.45, 2.75) is 31.8 Å². The molecule has 0 unspecified atom stereocenters. The third kappa shape index (κ3) is 3.80. The molecule has 0 heterocycles. The van der Waals surface area contributed by atoms with Gasteiger partial charge in [0, 0.05) is 16.3 Å². The lowest BCUT2D eigenvalue weighted by atomic mass is 10.2. The van der Waals surface area contributed by atoms with E-state index in [2.05, 4.69) is 5.32 Å². The first kappa shape index (κ1) is 14.9. The molecule has 4 heteroatoms. The summed E-state index contributed by atoms with van der Waals surface area (Å²) in [7, 11) is 0. The van der Waals surface area contributed by atoms with Crippen molar-refractivity contribution in [3.8, 4) is 5.75 Å². The molecule has 3 nitrogen and oxygen atoms in total. The number of ether oxygens (including phenoxy) is 1. The van der Waals surface area contributed by atoms with Crippen LogP contribution in [0.5, 0.6) is 5.75 Å². The van der Waals surface area contributed by atoms with Gasteiger partial charge in [-0.15, -0.1) is 0 Å². The van der Waals surface area contributed by atoms with Gasteiger partial charge >= 0.3 is 0 Å². The maximum atomic E-state index is 12.1. The van der Waals surface area contributed by atoms with Gasteiger partial charge in [0.05, 0.1) is 6.10 Å². The summed E-state index contributed by atoms with van der Waals surface area (Å²) < 4.78 is 5.91. The van der Waals surface area contributed by atoms with Gasteiger partial charge in [0.25, 0.3) is 5.91 Å². The summed E-state index contributed by atoms with van der Waals surface area (Å²) in [5.41, 5.74) is 1.28. The highest BCUT2D eigenvalue weighted by molar-refractivity contribution is 6.31. The van der Waals surface area contributed by atoms with Crippen LogP contribution in [0, 0.1) is 0 Å². The summed E-state index contributed by atoms with van der Waals surface area (Å²) >= 11 is 5.90. The van der Waals surface area contributed by atoms with Crippen molar-refractivity contribution >= 4 is 23.2 Å². The van der Waals surface area contributed by atoms with E-state index in [1.165, 1.54) is 12.8 Å². The van der Waals surface area contributed by atoms with E-state index in [1.54, 1.807) is 24.3 Å². The van der Waals surface area contributed by atoms with Gasteiger partial charge in [-0.3, -0.25) is 4.79 Å². The molecule has 1 aliphatic carbocycles. The molecular formula is C18H18ClNO2. The highest BCUT2D eigenvalue weighted by Gasteiger charge is 2.16. The fourth-order valence-electron chi connectivity index (χ4n) is 2.65. The highest BCUT2D eigenvalue weighted by atomic mass is 35.5. The highest BCUT2D eigenvalue weighted by Crippen LogP contribution is 2.25. The van der Waals surface area contributed by atoms with Gasteiger partial charge in [-0.1, -0.05) is 17.7 Å². The van der Waals surface area contributed by atoms with Crippen molar-refractivity contribution in [1.82, 2.24) is 0 Å². The number of anilines is 1. The summed E-state index contributed by atoms with van der Waals surface area (Å²) in [5.74, 6) is 0.680. The monoisotopic (exact) mass is 315 g/mol. The van der Waals surface area contributed by atoms with E-state index in [-0.39, 0.29) is 5.91 Å². The van der Waals surface area contributed by atoms with Crippen LogP contribution in [0.25, 0.3) is 0 Å². The third-order valence-corrected chi connectivity index (χ3v) is 4.04. The Morgan fingerprint density at radius 2 is 1.82 bits per heavy atom. The van der Waals surface area contributed by atoms with Crippen molar-refractivity contribution in [1.29, 1.82) is 0 Å². The van der Waals surface area contributed by atoms with Crippen LogP contribution in [0.3, 0.4) is 0 Å². The topological polar surface area (TPSA) is 38.3 Å². The van der Waals surface area contributed by atoms with Gasteiger partial charge in [-0.25, -0.2) is 0 Å². The molecule has 0 radical (unpaired) electrons. The first-order chi connectivity index (χ1) is 10.7. The number of carbonyl (C=O) groups is 1. The summed E-state index contributed by atoms with van der Waals surface area (Å²) in [6.45, 7) is 0. The van der Waals surface area contributed by atoms with E-state index >= 15 is 0 Å². The average molecular weight is 316 g/mol. The zero-order chi connectivity index (χ0) is 15.4. The van der Waals surface area contributed by atoms with Gasteiger partial charge in [0.1, 0.15) is 5.75 Å². The van der Waals surface area contributed by atoms with Gasteiger partial charge in [-0.2, -0.15) is 0 Å². The second-order valence-corrected chi connectivity index (χ2v) is 5.95. The average Bonchev–Trinajstić information content (AvgIpc) is 3.02. The van der Waals surface area contributed by atoms with E-state index in [4.69, 9.17) is 16.3 Å². The van der Waals surface area contributed by atoms with Crippen LogP contribution in [0.2, 0.25) is 5.02 Å². The molecule has 114 valence electrons. The lowest BCUT2D eigenvalue weighted by molar-refractivity contribution is 0.102. The molecule has 0 bridgehead atoms. The van der Waals surface area contributed by atoms with Crippen LogP contribution in [-0.2, 0) is 0 Å². The van der Waals surface area contributed by atoms with E-state index < -0.39 is 0 Å². The number of rotatable bonds is 4. The van der Waals surface area contributed by atoms with Crippen molar-refractivity contribution < 1.29 is 9.53 Å². The number of carbonyl (C=O) groups excluding carboxylic acids is 1. The van der Waals surface area contributed by atoms with Crippen LogP contribution in [0.4, 0.5) is 5.69 Å². The number of hydrogen-bond acceptors (Lipinski definition) is 2. The van der Waals surface area contributed by atoms with Crippen LogP contribution in [0.1, 0.15) is 36.0 Å². The van der Waals surface area contributed by atoms with Gasteiger partial charge in [0.2, 0.25) is 0 Å². The van der Waals surface area contributed by atoms with Crippen LogP contribution in [0.15, 0.2) is 48.5 Å². The molecule has 3 rings (SSSR count). The molecule has 1 saturated carbocycles. The maximum Gasteiger partial charge on any atom is 0.255 e. The minimum Gasteiger partial charge on any atom is -0.490 e. The molecule has 1 aliphatic rings. The lowest BCUT2D eigenvalue weighted by Crippen LogP contribution is -2.12. The number of hydrogen-bond donors (Lipinski definition) is 1. The summed E-state index contributed by atoms with van der Waals surface area (Å²) in [6, 6.07) is 14.4. The second-order valence-electron chi connectivity index (χ2n) is 5.51. The molecule has 0 aromatic heterocycles. The summed E-state index contributed by atoms with van der Waals surface area (Å²) in [4.78, 5) is 12.1. The van der Waals surface area contributed by atoms with E-state index in [0.29, 0.717) is 16.7 Å². The molecule has 22 heavy (non-hydrogen) atoms. The van der Waals surface area contributed by atoms with E-state index in [9.17, 15) is 4.79 Å². The van der Waals surface area contributed by atoms with Crippen molar-refractivity contribution in [3.63, 3.8) is 0 Å². The molecular weight excluding hydrogens is 298 g/mol. The SMILES string of the molecule is O=C(Nc1ccc(OC2CCCC2)cc1)c1cccc(Cl)c1. The first-order valence-corrected chi connectivity index (χ1v) is 7.92. The predicted octanol–water partition coefficient (Wildman–Crippen LogP) is 4.91. The molecule has 1 fully saturated rings. The fraction of sp³-hybridized carbons (Fsp3) is 0.278. The molecule has 1 N–H and O–H groups in total. The Kier molecular flexibility index (Phi) is 4.64. The number of nitrogens with one attached hydrogen (secondary N) is 1. The summed E-state index contributed by atoms with van der Waals surface area (Å²) in [6.07, 6.45) is 5.10. The zero-order valence-corrected chi connectivity index (χ0v) is 13.0. The van der Waals surface area contributed by atoms with Crippen molar-refractivity contribution in [2.75, 3.05) is 5.32 Å². The van der Waals surface area contributed by atoms with Gasteiger partial charge in [0.15, 0.2) is 0 Å². The minimum atomic E-state index is -0.174. The smallest absolute Gasteiger partial charge is 0.255 e. The molecule has 2 aromatic rings. The molecule has 0 aliphatic heterocycles. The lowest BCUT2D eigenvalue weighted by Gasteiger charge is -2.13. The number of amides is 1. The number of benzene rings is 2. The van der Waals surface area contributed by atoms with Crippen LogP contribution >= 0.6 is 11.6 Å². The Hall–Kier alpha value is -2.00. The zero-order valence-electron chi connectivity index (χ0n) is 12.2. The molecule has 2 aromatic carbocycles. The summed E-state index contributed by atoms with van der Waals surface area (Å²) in [5, 5.41) is 3.40. The molecule has 1 amide bonds. The predicted molar refractivity (Wildman–Crippen MR) is 88.7 cm³/mol. The van der Waals surface area contributed by atoms with Crippen molar-refractivity contribution in [3.05, 3.63) is 59.1 Å². The fourth-order valence-corrected chi connectivity index (χ4v) is 2.84. The van der Waals surface area contributed by atoms with Crippen LogP contribution < -0.4 is 10.1 Å². The normalized spacial score (nSPS) is 14.8. The quantitative estimate of drug-likeness (QED) is 0.870. The molecule has 0 saturated heterocycles. The van der Waals surface area contributed by atoms with Crippen molar-refractivity contribution in [2.24, 2.45) is 0 Å². The van der Waals surface area contributed by atoms with Gasteiger partial charge < -0.3 is 10.1 Å². The molecule has 0 atom stereocenters. The number of halogens is 1. The largest absolute Gasteiger partial charge is 0.490 e. The third-order valence-electron chi connectivity index (χ3n) is 3.80. The van der Waals surface area contributed by atoms with Crippen LogP contribution in [-0.4, -0.2) is 12.0 Å². The Bertz CT molecular complexity index is 648. The molecule has 0 spiro atoms. The Balaban J connectivity index is 1.61. The Morgan fingerprint density at radius 1 is 1.09 bits per heavy atom. The Labute approximate surface area is 135 Å². The van der Waals surface area contributed by atoms with E-state index in [1.807, 2.05) is 24.3 Å². The van der Waals surface area contributed by atoms with Gasteiger partial charge in [-0.05, 0) is 68.1 Å². The Morgan fingerprint density at radius 3 is 2.50 bits per heavy atom. The first-order valence-electron chi connectivity index (χ1n) is 7.54. The van der Waals surface area contributed by atoms with E-state index in [0.717, 1.165) is 24.3 Å².